The Bertz CT molecular complexity index is 955. The van der Waals surface area contributed by atoms with E-state index in [1.165, 1.54) is 19.2 Å². The van der Waals surface area contributed by atoms with Crippen molar-refractivity contribution in [3.8, 4) is 5.75 Å². The number of benzene rings is 2. The van der Waals surface area contributed by atoms with Gasteiger partial charge in [-0.05, 0) is 49.6 Å². The van der Waals surface area contributed by atoms with Crippen LogP contribution in [0, 0.1) is 17.0 Å². The number of rotatable bonds is 8. The second-order valence-corrected chi connectivity index (χ2v) is 6.74. The standard InChI is InChI=1S/C20H21N3O6/c1-12-3-8-18(28-2)16(9-12)22-19(24)11-29-20(25)13-4-7-15(21-14-5-6-14)17(10-13)23(26)27/h3-4,7-10,14,21H,5-6,11H2,1-2H3,(H,22,24). The van der Waals surface area contributed by atoms with Crippen LogP contribution in [0.1, 0.15) is 28.8 Å². The van der Waals surface area contributed by atoms with Crippen LogP contribution in [0.5, 0.6) is 5.75 Å². The topological polar surface area (TPSA) is 120 Å². The molecule has 2 N–H and O–H groups in total. The van der Waals surface area contributed by atoms with Gasteiger partial charge in [0.05, 0.1) is 23.3 Å². The Balaban J connectivity index is 1.63. The second-order valence-electron chi connectivity index (χ2n) is 6.74. The van der Waals surface area contributed by atoms with E-state index in [1.807, 2.05) is 13.0 Å². The number of methoxy groups -OCH3 is 1. The number of hydrogen-bond donors (Lipinski definition) is 2. The first-order valence-electron chi connectivity index (χ1n) is 9.04. The quantitative estimate of drug-likeness (QED) is 0.397. The van der Waals surface area contributed by atoms with E-state index in [0.717, 1.165) is 24.5 Å². The fourth-order valence-corrected chi connectivity index (χ4v) is 2.70. The third kappa shape index (κ3) is 5.22. The number of aryl methyl sites for hydroxylation is 1. The highest BCUT2D eigenvalue weighted by Crippen LogP contribution is 2.31. The Morgan fingerprint density at radius 3 is 2.59 bits per heavy atom. The van der Waals surface area contributed by atoms with E-state index in [1.54, 1.807) is 12.1 Å². The van der Waals surface area contributed by atoms with Gasteiger partial charge in [0.2, 0.25) is 0 Å². The molecule has 3 rings (SSSR count). The number of carbonyl (C=O) groups excluding carboxylic acids is 2. The van der Waals surface area contributed by atoms with Gasteiger partial charge in [-0.1, -0.05) is 6.07 Å². The van der Waals surface area contributed by atoms with E-state index in [4.69, 9.17) is 9.47 Å². The van der Waals surface area contributed by atoms with Gasteiger partial charge in [0.1, 0.15) is 11.4 Å². The molecular weight excluding hydrogens is 378 g/mol. The zero-order valence-electron chi connectivity index (χ0n) is 16.1. The maximum Gasteiger partial charge on any atom is 0.338 e. The normalized spacial score (nSPS) is 12.8. The molecular formula is C20H21N3O6. The molecule has 152 valence electrons. The van der Waals surface area contributed by atoms with Crippen LogP contribution in [-0.2, 0) is 9.53 Å². The summed E-state index contributed by atoms with van der Waals surface area (Å²) in [6.07, 6.45) is 1.92. The summed E-state index contributed by atoms with van der Waals surface area (Å²) in [7, 11) is 1.48. The average molecular weight is 399 g/mol. The fourth-order valence-electron chi connectivity index (χ4n) is 2.70. The highest BCUT2D eigenvalue weighted by Gasteiger charge is 2.26. The van der Waals surface area contributed by atoms with Gasteiger partial charge < -0.3 is 20.1 Å². The number of ether oxygens (including phenoxy) is 2. The maximum absolute atomic E-state index is 12.2. The Hall–Kier alpha value is -3.62. The van der Waals surface area contributed by atoms with Crippen LogP contribution in [-0.4, -0.2) is 36.6 Å². The lowest BCUT2D eigenvalue weighted by Gasteiger charge is -2.11. The first-order chi connectivity index (χ1) is 13.9. The van der Waals surface area contributed by atoms with Crippen LogP contribution < -0.4 is 15.4 Å². The summed E-state index contributed by atoms with van der Waals surface area (Å²) < 4.78 is 10.2. The van der Waals surface area contributed by atoms with Gasteiger partial charge in [-0.25, -0.2) is 4.79 Å². The Labute approximate surface area is 167 Å². The van der Waals surface area contributed by atoms with Crippen molar-refractivity contribution in [2.24, 2.45) is 0 Å². The van der Waals surface area contributed by atoms with Gasteiger partial charge in [-0.15, -0.1) is 0 Å². The molecule has 0 saturated heterocycles. The van der Waals surface area contributed by atoms with Crippen LogP contribution in [0.3, 0.4) is 0 Å². The van der Waals surface area contributed by atoms with Crippen LogP contribution in [0.2, 0.25) is 0 Å². The van der Waals surface area contributed by atoms with Crippen molar-refractivity contribution in [1.29, 1.82) is 0 Å². The molecule has 1 aliphatic rings. The van der Waals surface area contributed by atoms with Crippen molar-refractivity contribution in [3.63, 3.8) is 0 Å². The molecule has 9 heteroatoms. The lowest BCUT2D eigenvalue weighted by atomic mass is 10.1. The third-order valence-corrected chi connectivity index (χ3v) is 4.33. The lowest BCUT2D eigenvalue weighted by molar-refractivity contribution is -0.384. The molecule has 0 aliphatic heterocycles. The number of nitrogens with zero attached hydrogens (tertiary/aromatic N) is 1. The molecule has 1 aliphatic carbocycles. The molecule has 0 bridgehead atoms. The van der Waals surface area contributed by atoms with Gasteiger partial charge in [-0.2, -0.15) is 0 Å². The van der Waals surface area contributed by atoms with Gasteiger partial charge in [0.25, 0.3) is 11.6 Å². The van der Waals surface area contributed by atoms with Crippen LogP contribution in [0.15, 0.2) is 36.4 Å². The molecule has 0 atom stereocenters. The predicted octanol–water partition coefficient (Wildman–Crippen LogP) is 3.28. The number of hydrogen-bond acceptors (Lipinski definition) is 7. The molecule has 29 heavy (non-hydrogen) atoms. The van der Waals surface area contributed by atoms with E-state index in [2.05, 4.69) is 10.6 Å². The van der Waals surface area contributed by atoms with E-state index in [0.29, 0.717) is 17.1 Å². The third-order valence-electron chi connectivity index (χ3n) is 4.33. The maximum atomic E-state index is 12.2. The zero-order chi connectivity index (χ0) is 21.0. The Morgan fingerprint density at radius 1 is 1.17 bits per heavy atom. The molecule has 1 saturated carbocycles. The first kappa shape index (κ1) is 20.1. The summed E-state index contributed by atoms with van der Waals surface area (Å²) in [6.45, 7) is 1.33. The van der Waals surface area contributed by atoms with Crippen molar-refractivity contribution in [1.82, 2.24) is 0 Å². The summed E-state index contributed by atoms with van der Waals surface area (Å²) >= 11 is 0. The number of amides is 1. The zero-order valence-corrected chi connectivity index (χ0v) is 16.1. The molecule has 1 amide bonds. The smallest absolute Gasteiger partial charge is 0.338 e. The van der Waals surface area contributed by atoms with Crippen LogP contribution >= 0.6 is 0 Å². The van der Waals surface area contributed by atoms with Crippen molar-refractivity contribution < 1.29 is 24.0 Å². The van der Waals surface area contributed by atoms with Crippen LogP contribution in [0.4, 0.5) is 17.1 Å². The minimum absolute atomic E-state index is 0.000942. The number of nitrogens with one attached hydrogen (secondary N) is 2. The van der Waals surface area contributed by atoms with Crippen molar-refractivity contribution in [2.45, 2.75) is 25.8 Å². The number of nitro groups is 1. The number of esters is 1. The number of carbonyl (C=O) groups is 2. The van der Waals surface area contributed by atoms with Gasteiger partial charge >= 0.3 is 5.97 Å². The molecule has 0 unspecified atom stereocenters. The molecule has 2 aromatic carbocycles. The van der Waals surface area contributed by atoms with Gasteiger partial charge in [-0.3, -0.25) is 14.9 Å². The summed E-state index contributed by atoms with van der Waals surface area (Å²) in [5.74, 6) is -0.897. The molecule has 2 aromatic rings. The minimum atomic E-state index is -0.822. The average Bonchev–Trinajstić information content (AvgIpc) is 3.50. The van der Waals surface area contributed by atoms with E-state index < -0.39 is 23.4 Å². The number of nitro benzene ring substituents is 1. The van der Waals surface area contributed by atoms with Gasteiger partial charge in [0.15, 0.2) is 6.61 Å². The summed E-state index contributed by atoms with van der Waals surface area (Å²) in [5, 5.41) is 17.0. The molecule has 0 aromatic heterocycles. The molecule has 0 spiro atoms. The predicted molar refractivity (Wildman–Crippen MR) is 106 cm³/mol. The summed E-state index contributed by atoms with van der Waals surface area (Å²) in [6, 6.07) is 9.57. The fraction of sp³-hybridized carbons (Fsp3) is 0.300. The van der Waals surface area contributed by atoms with Crippen molar-refractivity contribution >= 4 is 28.9 Å². The van der Waals surface area contributed by atoms with Crippen LogP contribution in [0.25, 0.3) is 0 Å². The largest absolute Gasteiger partial charge is 0.495 e. The molecule has 1 fully saturated rings. The Kier molecular flexibility index (Phi) is 5.96. The molecule has 0 heterocycles. The highest BCUT2D eigenvalue weighted by molar-refractivity contribution is 5.97. The van der Waals surface area contributed by atoms with Gasteiger partial charge in [0, 0.05) is 12.1 Å². The summed E-state index contributed by atoms with van der Waals surface area (Å²) in [5.41, 5.74) is 1.53. The molecule has 0 radical (unpaired) electrons. The second kappa shape index (κ2) is 8.59. The monoisotopic (exact) mass is 399 g/mol. The van der Waals surface area contributed by atoms with Crippen molar-refractivity contribution in [2.75, 3.05) is 24.4 Å². The van der Waals surface area contributed by atoms with E-state index in [9.17, 15) is 19.7 Å². The molecule has 9 nitrogen and oxygen atoms in total. The van der Waals surface area contributed by atoms with Crippen molar-refractivity contribution in [3.05, 3.63) is 57.6 Å². The van der Waals surface area contributed by atoms with E-state index >= 15 is 0 Å². The minimum Gasteiger partial charge on any atom is -0.495 e. The Morgan fingerprint density at radius 2 is 1.93 bits per heavy atom. The SMILES string of the molecule is COc1ccc(C)cc1NC(=O)COC(=O)c1ccc(NC2CC2)c([N+](=O)[O-])c1. The first-order valence-corrected chi connectivity index (χ1v) is 9.04. The van der Waals surface area contributed by atoms with E-state index in [-0.39, 0.29) is 17.3 Å². The highest BCUT2D eigenvalue weighted by atomic mass is 16.6. The number of anilines is 2. The lowest BCUT2D eigenvalue weighted by Crippen LogP contribution is -2.21. The summed E-state index contributed by atoms with van der Waals surface area (Å²) in [4.78, 5) is 35.1.